The van der Waals surface area contributed by atoms with Gasteiger partial charge >= 0.3 is 5.97 Å². The average molecular weight is 268 g/mol. The Morgan fingerprint density at radius 2 is 2.11 bits per heavy atom. The van der Waals surface area contributed by atoms with Crippen LogP contribution in [0.4, 0.5) is 0 Å². The summed E-state index contributed by atoms with van der Waals surface area (Å²) in [5.74, 6) is -0.399. The van der Waals surface area contributed by atoms with Crippen molar-refractivity contribution in [1.29, 1.82) is 0 Å². The summed E-state index contributed by atoms with van der Waals surface area (Å²) in [7, 11) is -1.07. The van der Waals surface area contributed by atoms with E-state index in [-0.39, 0.29) is 11.7 Å². The third kappa shape index (κ3) is 3.40. The van der Waals surface area contributed by atoms with Crippen LogP contribution in [-0.4, -0.2) is 33.7 Å². The second-order valence-corrected chi connectivity index (χ2v) is 5.87. The van der Waals surface area contributed by atoms with E-state index in [1.165, 1.54) is 12.1 Å². The number of rotatable bonds is 5. The van der Waals surface area contributed by atoms with E-state index >= 15 is 0 Å². The van der Waals surface area contributed by atoms with E-state index in [0.29, 0.717) is 10.6 Å². The summed E-state index contributed by atoms with van der Waals surface area (Å²) < 4.78 is 17.5. The molecule has 0 spiro atoms. The molecule has 0 radical (unpaired) electrons. The highest BCUT2D eigenvalue weighted by molar-refractivity contribution is 7.85. The first-order valence-electron chi connectivity index (χ1n) is 6.00. The Kier molecular flexibility index (Phi) is 4.49. The van der Waals surface area contributed by atoms with Gasteiger partial charge in [0.25, 0.3) is 0 Å². The third-order valence-electron chi connectivity index (χ3n) is 3.01. The summed E-state index contributed by atoms with van der Waals surface area (Å²) in [6.07, 6.45) is 3.18. The van der Waals surface area contributed by atoms with Crippen molar-refractivity contribution in [2.24, 2.45) is 0 Å². The summed E-state index contributed by atoms with van der Waals surface area (Å²) in [5.41, 5.74) is 0.217. The van der Waals surface area contributed by atoms with Gasteiger partial charge in [-0.25, -0.2) is 4.79 Å². The molecule has 1 heterocycles. The lowest BCUT2D eigenvalue weighted by atomic mass is 10.2. The molecular formula is C13H16O4S. The molecule has 0 amide bonds. The molecule has 5 heteroatoms. The van der Waals surface area contributed by atoms with Gasteiger partial charge in [0, 0.05) is 17.3 Å². The zero-order chi connectivity index (χ0) is 13.0. The Labute approximate surface area is 108 Å². The van der Waals surface area contributed by atoms with Crippen LogP contribution < -0.4 is 0 Å². The highest BCUT2D eigenvalue weighted by atomic mass is 32.2. The molecule has 0 saturated carbocycles. The Morgan fingerprint density at radius 3 is 2.67 bits per heavy atom. The number of aromatic carboxylic acids is 1. The molecule has 2 rings (SSSR count). The lowest BCUT2D eigenvalue weighted by molar-refractivity contribution is 0.0697. The predicted molar refractivity (Wildman–Crippen MR) is 68.3 cm³/mol. The maximum Gasteiger partial charge on any atom is 0.335 e. The molecule has 1 N–H and O–H groups in total. The summed E-state index contributed by atoms with van der Waals surface area (Å²) in [6, 6.07) is 6.22. The van der Waals surface area contributed by atoms with E-state index in [1.807, 2.05) is 0 Å². The van der Waals surface area contributed by atoms with Crippen molar-refractivity contribution in [3.63, 3.8) is 0 Å². The minimum Gasteiger partial charge on any atom is -0.478 e. The molecular weight excluding hydrogens is 252 g/mol. The van der Waals surface area contributed by atoms with Gasteiger partial charge in [0.1, 0.15) is 0 Å². The maximum absolute atomic E-state index is 12.0. The highest BCUT2D eigenvalue weighted by Gasteiger charge is 2.16. The topological polar surface area (TPSA) is 63.6 Å². The minimum atomic E-state index is -1.07. The van der Waals surface area contributed by atoms with E-state index in [0.717, 1.165) is 25.9 Å². The fourth-order valence-corrected chi connectivity index (χ4v) is 3.13. The van der Waals surface area contributed by atoms with Crippen molar-refractivity contribution in [1.82, 2.24) is 0 Å². The Balaban J connectivity index is 1.89. The van der Waals surface area contributed by atoms with Gasteiger partial charge in [-0.15, -0.1) is 0 Å². The standard InChI is InChI=1S/C13H16O4S/c14-13(15)10-3-5-12(6-4-10)18(16)9-7-11-2-1-8-17-11/h3-6,11H,1-2,7-9H2,(H,14,15). The van der Waals surface area contributed by atoms with Crippen LogP contribution in [0.15, 0.2) is 29.2 Å². The van der Waals surface area contributed by atoms with Crippen LogP contribution in [-0.2, 0) is 15.5 Å². The molecule has 4 nitrogen and oxygen atoms in total. The Hall–Kier alpha value is -1.20. The van der Waals surface area contributed by atoms with Gasteiger partial charge < -0.3 is 9.84 Å². The lowest BCUT2D eigenvalue weighted by Crippen LogP contribution is -2.10. The minimum absolute atomic E-state index is 0.217. The van der Waals surface area contributed by atoms with Crippen molar-refractivity contribution in [3.05, 3.63) is 29.8 Å². The van der Waals surface area contributed by atoms with Crippen molar-refractivity contribution in [2.45, 2.75) is 30.3 Å². The van der Waals surface area contributed by atoms with Gasteiger partial charge in [0.15, 0.2) is 0 Å². The molecule has 98 valence electrons. The Bertz CT molecular complexity index is 435. The molecule has 0 aliphatic carbocycles. The third-order valence-corrected chi connectivity index (χ3v) is 4.42. The quantitative estimate of drug-likeness (QED) is 0.888. The molecule has 0 aromatic heterocycles. The van der Waals surface area contributed by atoms with Gasteiger partial charge in [-0.05, 0) is 43.5 Å². The van der Waals surface area contributed by atoms with Crippen LogP contribution in [0.3, 0.4) is 0 Å². The molecule has 18 heavy (non-hydrogen) atoms. The largest absolute Gasteiger partial charge is 0.478 e. The molecule has 2 atom stereocenters. The zero-order valence-electron chi connectivity index (χ0n) is 10.0. The van der Waals surface area contributed by atoms with Crippen LogP contribution in [0.1, 0.15) is 29.6 Å². The van der Waals surface area contributed by atoms with Gasteiger partial charge in [-0.2, -0.15) is 0 Å². The summed E-state index contributed by atoms with van der Waals surface area (Å²) in [4.78, 5) is 11.4. The SMILES string of the molecule is O=C(O)c1ccc(S(=O)CCC2CCCO2)cc1. The first-order chi connectivity index (χ1) is 8.66. The van der Waals surface area contributed by atoms with E-state index in [1.54, 1.807) is 12.1 Å². The molecule has 1 fully saturated rings. The fraction of sp³-hybridized carbons (Fsp3) is 0.462. The van der Waals surface area contributed by atoms with E-state index < -0.39 is 16.8 Å². The van der Waals surface area contributed by atoms with Gasteiger partial charge in [-0.3, -0.25) is 4.21 Å². The van der Waals surface area contributed by atoms with Crippen LogP contribution in [0.2, 0.25) is 0 Å². The lowest BCUT2D eigenvalue weighted by Gasteiger charge is -2.08. The summed E-state index contributed by atoms with van der Waals surface area (Å²) in [6.45, 7) is 0.810. The number of carbonyl (C=O) groups is 1. The fourth-order valence-electron chi connectivity index (χ4n) is 1.98. The van der Waals surface area contributed by atoms with Crippen molar-refractivity contribution < 1.29 is 18.8 Å². The molecule has 1 aliphatic rings. The molecule has 1 saturated heterocycles. The van der Waals surface area contributed by atoms with Gasteiger partial charge in [0.05, 0.1) is 22.5 Å². The number of hydrogen-bond donors (Lipinski definition) is 1. The van der Waals surface area contributed by atoms with Crippen LogP contribution in [0.25, 0.3) is 0 Å². The molecule has 1 aliphatic heterocycles. The van der Waals surface area contributed by atoms with Crippen molar-refractivity contribution in [2.75, 3.05) is 12.4 Å². The number of carboxylic acids is 1. The molecule has 1 aromatic carbocycles. The van der Waals surface area contributed by atoms with Gasteiger partial charge in [-0.1, -0.05) is 0 Å². The van der Waals surface area contributed by atoms with Crippen LogP contribution in [0, 0.1) is 0 Å². The van der Waals surface area contributed by atoms with E-state index in [4.69, 9.17) is 9.84 Å². The van der Waals surface area contributed by atoms with E-state index in [2.05, 4.69) is 0 Å². The normalized spacial score (nSPS) is 20.8. The predicted octanol–water partition coefficient (Wildman–Crippen LogP) is 2.06. The number of carboxylic acid groups (broad SMARTS) is 1. The molecule has 0 bridgehead atoms. The van der Waals surface area contributed by atoms with Crippen LogP contribution in [0.5, 0.6) is 0 Å². The average Bonchev–Trinajstić information content (AvgIpc) is 2.89. The molecule has 2 unspecified atom stereocenters. The summed E-state index contributed by atoms with van der Waals surface area (Å²) in [5, 5.41) is 8.77. The van der Waals surface area contributed by atoms with Gasteiger partial charge in [0.2, 0.25) is 0 Å². The number of hydrogen-bond acceptors (Lipinski definition) is 3. The summed E-state index contributed by atoms with van der Waals surface area (Å²) >= 11 is 0. The first-order valence-corrected chi connectivity index (χ1v) is 7.32. The van der Waals surface area contributed by atoms with Crippen molar-refractivity contribution >= 4 is 16.8 Å². The second kappa shape index (κ2) is 6.11. The first kappa shape index (κ1) is 13.2. The number of ether oxygens (including phenoxy) is 1. The molecule has 1 aromatic rings. The van der Waals surface area contributed by atoms with Crippen LogP contribution >= 0.6 is 0 Å². The smallest absolute Gasteiger partial charge is 0.335 e. The van der Waals surface area contributed by atoms with Crippen molar-refractivity contribution in [3.8, 4) is 0 Å². The van der Waals surface area contributed by atoms with E-state index in [9.17, 15) is 9.00 Å². The highest BCUT2D eigenvalue weighted by Crippen LogP contribution is 2.17. The zero-order valence-corrected chi connectivity index (χ0v) is 10.8. The Morgan fingerprint density at radius 1 is 1.39 bits per heavy atom. The second-order valence-electron chi connectivity index (χ2n) is 4.30. The number of benzene rings is 1. The monoisotopic (exact) mass is 268 g/mol. The maximum atomic E-state index is 12.0.